The fourth-order valence-corrected chi connectivity index (χ4v) is 2.95. The first-order valence-corrected chi connectivity index (χ1v) is 9.12. The number of halogens is 1. The number of hydrogen-bond donors (Lipinski definition) is 0. The summed E-state index contributed by atoms with van der Waals surface area (Å²) in [6.07, 6.45) is 0. The molecule has 152 valence electrons. The van der Waals surface area contributed by atoms with Gasteiger partial charge in [0.1, 0.15) is 18.2 Å². The van der Waals surface area contributed by atoms with Gasteiger partial charge < -0.3 is 18.9 Å². The quantitative estimate of drug-likeness (QED) is 0.594. The number of benzene rings is 2. The fraction of sp³-hybridized carbons (Fsp3) is 0.273. The number of methoxy groups -OCH3 is 1. The summed E-state index contributed by atoms with van der Waals surface area (Å²) < 4.78 is 30.2. The van der Waals surface area contributed by atoms with Gasteiger partial charge in [0, 0.05) is 24.7 Å². The zero-order valence-corrected chi connectivity index (χ0v) is 16.9. The minimum absolute atomic E-state index is 0.165. The van der Waals surface area contributed by atoms with Crippen molar-refractivity contribution < 1.29 is 23.2 Å². The van der Waals surface area contributed by atoms with Gasteiger partial charge in [-0.25, -0.2) is 4.39 Å². The van der Waals surface area contributed by atoms with Crippen LogP contribution in [0, 0.1) is 19.7 Å². The van der Waals surface area contributed by atoms with E-state index < -0.39 is 0 Å². The molecular formula is C22H23FN2O4. The third kappa shape index (κ3) is 4.56. The first kappa shape index (κ1) is 20.4. The molecule has 0 atom stereocenters. The normalized spacial score (nSPS) is 10.7. The molecule has 0 N–H and O–H groups in total. The van der Waals surface area contributed by atoms with E-state index in [1.54, 1.807) is 43.4 Å². The highest BCUT2D eigenvalue weighted by atomic mass is 19.1. The number of hydrogen-bond acceptors (Lipinski definition) is 5. The van der Waals surface area contributed by atoms with Crippen LogP contribution in [-0.2, 0) is 13.2 Å². The molecule has 0 saturated carbocycles. The highest BCUT2D eigenvalue weighted by molar-refractivity contribution is 5.94. The van der Waals surface area contributed by atoms with Crippen LogP contribution in [0.2, 0.25) is 0 Å². The minimum atomic E-state index is -0.340. The predicted octanol–water partition coefficient (Wildman–Crippen LogP) is 4.29. The predicted molar refractivity (Wildman–Crippen MR) is 106 cm³/mol. The Morgan fingerprint density at radius 2 is 1.93 bits per heavy atom. The van der Waals surface area contributed by atoms with E-state index in [0.717, 1.165) is 11.3 Å². The Labute approximate surface area is 168 Å². The molecule has 0 spiro atoms. The Morgan fingerprint density at radius 1 is 1.17 bits per heavy atom. The van der Waals surface area contributed by atoms with E-state index in [4.69, 9.17) is 14.0 Å². The molecule has 0 fully saturated rings. The second-order valence-electron chi connectivity index (χ2n) is 6.71. The zero-order valence-electron chi connectivity index (χ0n) is 16.9. The van der Waals surface area contributed by atoms with Crippen LogP contribution in [-0.4, -0.2) is 30.1 Å². The average Bonchev–Trinajstić information content (AvgIpc) is 3.04. The van der Waals surface area contributed by atoms with Crippen molar-refractivity contribution in [2.24, 2.45) is 0 Å². The number of rotatable bonds is 7. The van der Waals surface area contributed by atoms with Crippen LogP contribution in [0.25, 0.3) is 0 Å². The van der Waals surface area contributed by atoms with Crippen molar-refractivity contribution >= 4 is 5.91 Å². The standard InChI is InChI=1S/C22H23FN2O4/c1-14-18(15(2)29-24-14)13-28-20-10-9-16(11-21(20)27-4)22(26)25(3)12-17-7-5-6-8-19(17)23/h5-11H,12-13H2,1-4H3. The Bertz CT molecular complexity index is 996. The molecule has 1 amide bonds. The van der Waals surface area contributed by atoms with E-state index >= 15 is 0 Å². The number of carbonyl (C=O) groups is 1. The Kier molecular flexibility index (Phi) is 6.16. The first-order chi connectivity index (χ1) is 13.9. The number of aryl methyl sites for hydroxylation is 2. The summed E-state index contributed by atoms with van der Waals surface area (Å²) in [5.74, 6) is 1.04. The van der Waals surface area contributed by atoms with Crippen LogP contribution in [0.1, 0.15) is 32.9 Å². The summed E-state index contributed by atoms with van der Waals surface area (Å²) in [4.78, 5) is 14.2. The van der Waals surface area contributed by atoms with Crippen LogP contribution >= 0.6 is 0 Å². The van der Waals surface area contributed by atoms with Gasteiger partial charge in [0.15, 0.2) is 11.5 Å². The molecule has 0 radical (unpaired) electrons. The number of aromatic nitrogens is 1. The molecule has 0 saturated heterocycles. The van der Waals surface area contributed by atoms with Crippen LogP contribution < -0.4 is 9.47 Å². The lowest BCUT2D eigenvalue weighted by Gasteiger charge is -2.19. The van der Waals surface area contributed by atoms with Gasteiger partial charge in [-0.3, -0.25) is 4.79 Å². The molecule has 3 aromatic rings. The zero-order chi connectivity index (χ0) is 21.0. The molecule has 0 aliphatic carbocycles. The summed E-state index contributed by atoms with van der Waals surface area (Å²) in [5, 5.41) is 3.91. The van der Waals surface area contributed by atoms with Crippen molar-refractivity contribution in [3.8, 4) is 11.5 Å². The molecule has 2 aromatic carbocycles. The third-order valence-electron chi connectivity index (χ3n) is 4.68. The summed E-state index contributed by atoms with van der Waals surface area (Å²) in [7, 11) is 3.14. The van der Waals surface area contributed by atoms with Gasteiger partial charge in [0.2, 0.25) is 0 Å². The first-order valence-electron chi connectivity index (χ1n) is 9.12. The lowest BCUT2D eigenvalue weighted by atomic mass is 10.1. The van der Waals surface area contributed by atoms with Gasteiger partial charge in [0.25, 0.3) is 5.91 Å². The number of ether oxygens (including phenoxy) is 2. The van der Waals surface area contributed by atoms with Gasteiger partial charge in [-0.15, -0.1) is 0 Å². The molecule has 1 aromatic heterocycles. The highest BCUT2D eigenvalue weighted by Crippen LogP contribution is 2.30. The molecule has 0 unspecified atom stereocenters. The van der Waals surface area contributed by atoms with Gasteiger partial charge >= 0.3 is 0 Å². The second-order valence-corrected chi connectivity index (χ2v) is 6.71. The lowest BCUT2D eigenvalue weighted by Crippen LogP contribution is -2.26. The molecule has 0 bridgehead atoms. The molecule has 6 nitrogen and oxygen atoms in total. The molecule has 7 heteroatoms. The third-order valence-corrected chi connectivity index (χ3v) is 4.68. The maximum atomic E-state index is 13.9. The van der Waals surface area contributed by atoms with Crippen molar-refractivity contribution in [2.45, 2.75) is 27.0 Å². The van der Waals surface area contributed by atoms with E-state index in [1.807, 2.05) is 13.8 Å². The van der Waals surface area contributed by atoms with E-state index in [0.29, 0.717) is 28.4 Å². The Hall–Kier alpha value is -3.35. The van der Waals surface area contributed by atoms with E-state index in [1.165, 1.54) is 18.1 Å². The van der Waals surface area contributed by atoms with Crippen LogP contribution in [0.3, 0.4) is 0 Å². The average molecular weight is 398 g/mol. The minimum Gasteiger partial charge on any atom is -0.493 e. The molecule has 1 heterocycles. The van der Waals surface area contributed by atoms with E-state index in [2.05, 4.69) is 5.16 Å². The summed E-state index contributed by atoms with van der Waals surface area (Å²) in [6, 6.07) is 11.3. The smallest absolute Gasteiger partial charge is 0.254 e. The maximum Gasteiger partial charge on any atom is 0.254 e. The monoisotopic (exact) mass is 398 g/mol. The van der Waals surface area contributed by atoms with Gasteiger partial charge in [-0.2, -0.15) is 0 Å². The summed E-state index contributed by atoms with van der Waals surface area (Å²) >= 11 is 0. The van der Waals surface area contributed by atoms with Crippen molar-refractivity contribution in [1.29, 1.82) is 0 Å². The SMILES string of the molecule is COc1cc(C(=O)N(C)Cc2ccccc2F)ccc1OCc1c(C)noc1C. The number of carbonyl (C=O) groups excluding carboxylic acids is 1. The van der Waals surface area contributed by atoms with Gasteiger partial charge in [-0.1, -0.05) is 23.4 Å². The van der Waals surface area contributed by atoms with E-state index in [9.17, 15) is 9.18 Å². The number of amides is 1. The van der Waals surface area contributed by atoms with Crippen LogP contribution in [0.5, 0.6) is 11.5 Å². The van der Waals surface area contributed by atoms with Gasteiger partial charge in [-0.05, 0) is 38.1 Å². The van der Waals surface area contributed by atoms with Gasteiger partial charge in [0.05, 0.1) is 18.4 Å². The summed E-state index contributed by atoms with van der Waals surface area (Å²) in [5.41, 5.74) is 2.51. The van der Waals surface area contributed by atoms with Crippen molar-refractivity contribution in [2.75, 3.05) is 14.2 Å². The molecule has 0 aliphatic rings. The van der Waals surface area contributed by atoms with Crippen molar-refractivity contribution in [3.63, 3.8) is 0 Å². The second kappa shape index (κ2) is 8.77. The summed E-state index contributed by atoms with van der Waals surface area (Å²) in [6.45, 7) is 4.11. The fourth-order valence-electron chi connectivity index (χ4n) is 2.95. The number of nitrogens with zero attached hydrogens (tertiary/aromatic N) is 2. The van der Waals surface area contributed by atoms with Crippen LogP contribution in [0.4, 0.5) is 4.39 Å². The molecule has 3 rings (SSSR count). The van der Waals surface area contributed by atoms with E-state index in [-0.39, 0.29) is 24.9 Å². The lowest BCUT2D eigenvalue weighted by molar-refractivity contribution is 0.0783. The highest BCUT2D eigenvalue weighted by Gasteiger charge is 2.17. The van der Waals surface area contributed by atoms with Crippen LogP contribution in [0.15, 0.2) is 47.0 Å². The van der Waals surface area contributed by atoms with Crippen molar-refractivity contribution in [1.82, 2.24) is 10.1 Å². The molecular weight excluding hydrogens is 375 g/mol. The Balaban J connectivity index is 1.73. The topological polar surface area (TPSA) is 64.8 Å². The molecule has 29 heavy (non-hydrogen) atoms. The van der Waals surface area contributed by atoms with Crippen molar-refractivity contribution in [3.05, 3.63) is 76.4 Å². The maximum absolute atomic E-state index is 13.9. The molecule has 0 aliphatic heterocycles. The Morgan fingerprint density at radius 3 is 2.59 bits per heavy atom. The largest absolute Gasteiger partial charge is 0.493 e.